The molecule has 1 aliphatic heterocycles. The van der Waals surface area contributed by atoms with Crippen molar-refractivity contribution in [3.8, 4) is 5.75 Å². The predicted octanol–water partition coefficient (Wildman–Crippen LogP) is 0.370. The number of aryl methyl sites for hydroxylation is 2. The van der Waals surface area contributed by atoms with Crippen molar-refractivity contribution in [3.05, 3.63) is 41.2 Å². The normalized spacial score (nSPS) is 19.4. The Morgan fingerprint density at radius 2 is 2.06 bits per heavy atom. The van der Waals surface area contributed by atoms with Gasteiger partial charge in [0.15, 0.2) is 0 Å². The molecule has 3 rings (SSSR count). The first kappa shape index (κ1) is 25.2. The number of nitrogens with one attached hydrogen (secondary N) is 2. The number of fused-ring (bicyclic) bond motifs is 3. The van der Waals surface area contributed by atoms with Gasteiger partial charge in [0.1, 0.15) is 17.5 Å². The third kappa shape index (κ3) is 6.77. The minimum absolute atomic E-state index is 0.200. The lowest BCUT2D eigenvalue weighted by atomic mass is 10.1. The van der Waals surface area contributed by atoms with Gasteiger partial charge in [-0.2, -0.15) is 0 Å². The molecule has 0 saturated carbocycles. The van der Waals surface area contributed by atoms with Crippen molar-refractivity contribution in [1.29, 1.82) is 0 Å². The number of carbonyl (C=O) groups is 3. The molecule has 2 aromatic rings. The molecule has 34 heavy (non-hydrogen) atoms. The van der Waals surface area contributed by atoms with Gasteiger partial charge in [-0.15, -0.1) is 5.10 Å². The van der Waals surface area contributed by atoms with Gasteiger partial charge in [-0.3, -0.25) is 19.1 Å². The Bertz CT molecular complexity index is 1020. The number of amides is 3. The minimum Gasteiger partial charge on any atom is -0.493 e. The van der Waals surface area contributed by atoms with Crippen LogP contribution in [0.25, 0.3) is 0 Å². The molecule has 0 saturated heterocycles. The number of hydrogen-bond acceptors (Lipinski definition) is 7. The molecule has 1 aromatic heterocycles. The molecule has 11 nitrogen and oxygen atoms in total. The van der Waals surface area contributed by atoms with Crippen LogP contribution in [0, 0.1) is 6.92 Å². The number of carbonyl (C=O) groups excluding carboxylic acids is 3. The maximum atomic E-state index is 12.8. The average molecular weight is 472 g/mol. The lowest BCUT2D eigenvalue weighted by molar-refractivity contribution is -0.132. The van der Waals surface area contributed by atoms with Crippen LogP contribution in [-0.2, 0) is 22.7 Å². The molecular formula is C23H33N7O4. The molecule has 0 radical (unpaired) electrons. The molecule has 2 heterocycles. The Morgan fingerprint density at radius 3 is 2.82 bits per heavy atom. The van der Waals surface area contributed by atoms with Crippen LogP contribution in [0.3, 0.4) is 0 Å². The molecular weight excluding hydrogens is 438 g/mol. The molecule has 3 amide bonds. The average Bonchev–Trinajstić information content (AvgIpc) is 3.24. The molecule has 0 spiro atoms. The molecule has 0 aliphatic carbocycles. The molecule has 2 atom stereocenters. The second-order valence-corrected chi connectivity index (χ2v) is 8.56. The second kappa shape index (κ2) is 11.6. The zero-order valence-corrected chi connectivity index (χ0v) is 19.9. The van der Waals surface area contributed by atoms with Crippen LogP contribution in [0.2, 0.25) is 0 Å². The SMILES string of the molecule is Cc1ccc2c(c1)OCCCn1cc(nn1)CN(C(=O)[C@H](C)N)CCCNC(=O)[C@@H](C)NC2=O. The van der Waals surface area contributed by atoms with E-state index in [0.717, 1.165) is 5.56 Å². The fourth-order valence-corrected chi connectivity index (χ4v) is 3.59. The Kier molecular flexibility index (Phi) is 8.58. The van der Waals surface area contributed by atoms with E-state index in [-0.39, 0.29) is 24.3 Å². The molecule has 0 unspecified atom stereocenters. The Morgan fingerprint density at radius 1 is 1.26 bits per heavy atom. The largest absolute Gasteiger partial charge is 0.493 e. The Balaban J connectivity index is 1.78. The van der Waals surface area contributed by atoms with E-state index in [0.29, 0.717) is 56.1 Å². The van der Waals surface area contributed by atoms with Gasteiger partial charge in [-0.1, -0.05) is 11.3 Å². The fourth-order valence-electron chi connectivity index (χ4n) is 3.59. The summed E-state index contributed by atoms with van der Waals surface area (Å²) in [7, 11) is 0. The number of rotatable bonds is 1. The van der Waals surface area contributed by atoms with Gasteiger partial charge in [0, 0.05) is 26.1 Å². The smallest absolute Gasteiger partial charge is 0.255 e. The summed E-state index contributed by atoms with van der Waals surface area (Å²) in [5, 5.41) is 13.8. The number of nitrogens with two attached hydrogens (primary N) is 1. The number of hydrogen-bond donors (Lipinski definition) is 3. The predicted molar refractivity (Wildman–Crippen MR) is 125 cm³/mol. The molecule has 0 fully saturated rings. The van der Waals surface area contributed by atoms with Gasteiger partial charge in [-0.25, -0.2) is 0 Å². The summed E-state index contributed by atoms with van der Waals surface area (Å²) >= 11 is 0. The number of ether oxygens (including phenoxy) is 1. The fraction of sp³-hybridized carbons (Fsp3) is 0.522. The van der Waals surface area contributed by atoms with Crippen LogP contribution >= 0.6 is 0 Å². The molecule has 184 valence electrons. The third-order valence-corrected chi connectivity index (χ3v) is 5.46. The zero-order chi connectivity index (χ0) is 24.7. The van der Waals surface area contributed by atoms with E-state index < -0.39 is 12.1 Å². The van der Waals surface area contributed by atoms with Gasteiger partial charge in [0.2, 0.25) is 11.8 Å². The summed E-state index contributed by atoms with van der Waals surface area (Å²) in [4.78, 5) is 39.5. The summed E-state index contributed by atoms with van der Waals surface area (Å²) < 4.78 is 7.60. The summed E-state index contributed by atoms with van der Waals surface area (Å²) in [5.41, 5.74) is 7.80. The van der Waals surface area contributed by atoms with Crippen LogP contribution < -0.4 is 21.1 Å². The highest BCUT2D eigenvalue weighted by molar-refractivity contribution is 5.99. The van der Waals surface area contributed by atoms with E-state index in [2.05, 4.69) is 20.9 Å². The van der Waals surface area contributed by atoms with Gasteiger partial charge in [0.05, 0.1) is 31.0 Å². The molecule has 1 aliphatic rings. The van der Waals surface area contributed by atoms with Crippen LogP contribution in [0.1, 0.15) is 48.3 Å². The number of aromatic nitrogens is 3. The summed E-state index contributed by atoms with van der Waals surface area (Å²) in [5.74, 6) is -0.430. The molecule has 11 heteroatoms. The van der Waals surface area contributed by atoms with Crippen molar-refractivity contribution < 1.29 is 19.1 Å². The van der Waals surface area contributed by atoms with Crippen molar-refractivity contribution in [2.75, 3.05) is 19.7 Å². The highest BCUT2D eigenvalue weighted by Gasteiger charge is 2.21. The van der Waals surface area contributed by atoms with E-state index >= 15 is 0 Å². The van der Waals surface area contributed by atoms with Gasteiger partial charge >= 0.3 is 0 Å². The Labute approximate surface area is 199 Å². The van der Waals surface area contributed by atoms with Gasteiger partial charge in [-0.05, 0) is 44.9 Å². The van der Waals surface area contributed by atoms with E-state index in [9.17, 15) is 14.4 Å². The lowest BCUT2D eigenvalue weighted by Gasteiger charge is -2.23. The third-order valence-electron chi connectivity index (χ3n) is 5.46. The molecule has 1 aromatic carbocycles. The highest BCUT2D eigenvalue weighted by atomic mass is 16.5. The van der Waals surface area contributed by atoms with Crippen LogP contribution in [-0.4, -0.2) is 69.4 Å². The quantitative estimate of drug-likeness (QED) is 0.545. The maximum absolute atomic E-state index is 12.8. The van der Waals surface area contributed by atoms with E-state index in [1.165, 1.54) is 0 Å². The first-order valence-electron chi connectivity index (χ1n) is 11.5. The summed E-state index contributed by atoms with van der Waals surface area (Å²) in [6, 6.07) is 3.94. The van der Waals surface area contributed by atoms with E-state index in [4.69, 9.17) is 10.5 Å². The van der Waals surface area contributed by atoms with Gasteiger partial charge < -0.3 is 26.0 Å². The number of benzene rings is 1. The van der Waals surface area contributed by atoms with E-state index in [1.807, 2.05) is 13.0 Å². The number of nitrogens with zero attached hydrogens (tertiary/aromatic N) is 4. The van der Waals surface area contributed by atoms with Crippen molar-refractivity contribution in [3.63, 3.8) is 0 Å². The van der Waals surface area contributed by atoms with Crippen LogP contribution in [0.15, 0.2) is 24.4 Å². The van der Waals surface area contributed by atoms with E-state index in [1.54, 1.807) is 41.8 Å². The monoisotopic (exact) mass is 471 g/mol. The zero-order valence-electron chi connectivity index (χ0n) is 19.9. The topological polar surface area (TPSA) is 144 Å². The standard InChI is InChI=1S/C23H33N7O4/c1-15-6-7-19-20(12-15)34-11-5-10-30-14-18(27-28-30)13-29(23(33)16(2)24)9-4-8-25-21(31)17(3)26-22(19)32/h6-7,12,14,16-17H,4-5,8-11,13,24H2,1-3H3,(H,25,31)(H,26,32)/t16-,17+/m0/s1. The second-order valence-electron chi connectivity index (χ2n) is 8.56. The maximum Gasteiger partial charge on any atom is 0.255 e. The first-order valence-corrected chi connectivity index (χ1v) is 11.5. The van der Waals surface area contributed by atoms with Crippen molar-refractivity contribution in [1.82, 2.24) is 30.5 Å². The van der Waals surface area contributed by atoms with Gasteiger partial charge in [0.25, 0.3) is 5.91 Å². The minimum atomic E-state index is -0.736. The van der Waals surface area contributed by atoms with Crippen molar-refractivity contribution in [2.45, 2.75) is 58.8 Å². The molecule has 2 bridgehead atoms. The van der Waals surface area contributed by atoms with Crippen molar-refractivity contribution >= 4 is 17.7 Å². The first-order chi connectivity index (χ1) is 16.2. The summed E-state index contributed by atoms with van der Waals surface area (Å²) in [6.07, 6.45) is 2.96. The summed E-state index contributed by atoms with van der Waals surface area (Å²) in [6.45, 7) is 7.13. The van der Waals surface area contributed by atoms with Crippen molar-refractivity contribution in [2.24, 2.45) is 5.73 Å². The lowest BCUT2D eigenvalue weighted by Crippen LogP contribution is -2.46. The van der Waals surface area contributed by atoms with Crippen LogP contribution in [0.5, 0.6) is 5.75 Å². The van der Waals surface area contributed by atoms with Crippen LogP contribution in [0.4, 0.5) is 0 Å². The highest BCUT2D eigenvalue weighted by Crippen LogP contribution is 2.21. The Hall–Kier alpha value is -3.47. The molecule has 4 N–H and O–H groups in total.